The van der Waals surface area contributed by atoms with E-state index in [0.29, 0.717) is 12.1 Å². The van der Waals surface area contributed by atoms with Crippen molar-refractivity contribution in [2.75, 3.05) is 7.05 Å². The molecule has 92 valence electrons. The number of nitrogens with two attached hydrogens (primary N) is 1. The van der Waals surface area contributed by atoms with Crippen LogP contribution in [-0.4, -0.2) is 13.0 Å². The van der Waals surface area contributed by atoms with E-state index in [1.165, 1.54) is 0 Å². The third-order valence-corrected chi connectivity index (χ3v) is 2.87. The van der Waals surface area contributed by atoms with Gasteiger partial charge in [-0.1, -0.05) is 36.4 Å². The Balaban J connectivity index is 2.53. The van der Waals surface area contributed by atoms with Crippen molar-refractivity contribution in [1.29, 1.82) is 0 Å². The van der Waals surface area contributed by atoms with Crippen LogP contribution in [0.25, 0.3) is 11.1 Å². The minimum atomic E-state index is -0.0799. The maximum atomic E-state index is 11.8. The third kappa shape index (κ3) is 2.41. The summed E-state index contributed by atoms with van der Waals surface area (Å²) in [5.41, 5.74) is 9.31. The normalized spacial score (nSPS) is 10.1. The van der Waals surface area contributed by atoms with Crippen molar-refractivity contribution in [1.82, 2.24) is 5.32 Å². The summed E-state index contributed by atoms with van der Waals surface area (Å²) in [5, 5.41) is 2.66. The zero-order valence-corrected chi connectivity index (χ0v) is 10.3. The van der Waals surface area contributed by atoms with Gasteiger partial charge in [-0.3, -0.25) is 4.79 Å². The second-order valence-electron chi connectivity index (χ2n) is 4.03. The molecule has 3 heteroatoms. The van der Waals surface area contributed by atoms with Crippen LogP contribution in [-0.2, 0) is 6.54 Å². The van der Waals surface area contributed by atoms with Crippen molar-refractivity contribution in [2.24, 2.45) is 5.73 Å². The lowest BCUT2D eigenvalue weighted by molar-refractivity contribution is 0.0963. The highest BCUT2D eigenvalue weighted by atomic mass is 16.1. The van der Waals surface area contributed by atoms with Gasteiger partial charge in [-0.15, -0.1) is 0 Å². The monoisotopic (exact) mass is 240 g/mol. The molecule has 2 aromatic carbocycles. The average molecular weight is 240 g/mol. The molecule has 0 atom stereocenters. The Morgan fingerprint density at radius 3 is 2.67 bits per heavy atom. The minimum Gasteiger partial charge on any atom is -0.355 e. The summed E-state index contributed by atoms with van der Waals surface area (Å²) in [4.78, 5) is 11.8. The van der Waals surface area contributed by atoms with Crippen LogP contribution < -0.4 is 11.1 Å². The van der Waals surface area contributed by atoms with E-state index >= 15 is 0 Å². The van der Waals surface area contributed by atoms with E-state index in [1.807, 2.05) is 48.5 Å². The highest BCUT2D eigenvalue weighted by molar-refractivity contribution is 6.00. The standard InChI is InChI=1S/C15H16N2O/c1-17-15(18)14-8-3-2-7-13(14)12-6-4-5-11(9-12)10-16/h2-9H,10,16H2,1H3,(H,17,18). The minimum absolute atomic E-state index is 0.0799. The number of amides is 1. The van der Waals surface area contributed by atoms with Crippen molar-refractivity contribution >= 4 is 5.91 Å². The summed E-state index contributed by atoms with van der Waals surface area (Å²) < 4.78 is 0. The fourth-order valence-electron chi connectivity index (χ4n) is 1.93. The molecule has 0 aliphatic heterocycles. The Labute approximate surface area is 107 Å². The quantitative estimate of drug-likeness (QED) is 0.864. The number of hydrogen-bond donors (Lipinski definition) is 2. The molecule has 2 aromatic rings. The van der Waals surface area contributed by atoms with Gasteiger partial charge < -0.3 is 11.1 Å². The van der Waals surface area contributed by atoms with Gasteiger partial charge in [0.1, 0.15) is 0 Å². The molecule has 0 radical (unpaired) electrons. The Morgan fingerprint density at radius 2 is 1.94 bits per heavy atom. The Kier molecular flexibility index (Phi) is 3.75. The summed E-state index contributed by atoms with van der Waals surface area (Å²) in [7, 11) is 1.63. The molecular formula is C15H16N2O. The van der Waals surface area contributed by atoms with E-state index in [4.69, 9.17) is 5.73 Å². The van der Waals surface area contributed by atoms with E-state index in [1.54, 1.807) is 7.05 Å². The van der Waals surface area contributed by atoms with E-state index in [-0.39, 0.29) is 5.91 Å². The van der Waals surface area contributed by atoms with E-state index < -0.39 is 0 Å². The molecule has 0 spiro atoms. The lowest BCUT2D eigenvalue weighted by Crippen LogP contribution is -2.18. The second kappa shape index (κ2) is 5.47. The zero-order chi connectivity index (χ0) is 13.0. The molecule has 0 fully saturated rings. The van der Waals surface area contributed by atoms with E-state index in [9.17, 15) is 4.79 Å². The number of benzene rings is 2. The highest BCUT2D eigenvalue weighted by Crippen LogP contribution is 2.24. The SMILES string of the molecule is CNC(=O)c1ccccc1-c1cccc(CN)c1. The molecule has 0 aromatic heterocycles. The second-order valence-corrected chi connectivity index (χ2v) is 4.03. The first-order chi connectivity index (χ1) is 8.76. The summed E-state index contributed by atoms with van der Waals surface area (Å²) in [5.74, 6) is -0.0799. The number of hydrogen-bond acceptors (Lipinski definition) is 2. The topological polar surface area (TPSA) is 55.1 Å². The molecule has 3 nitrogen and oxygen atoms in total. The average Bonchev–Trinajstić information content (AvgIpc) is 2.46. The predicted molar refractivity (Wildman–Crippen MR) is 73.2 cm³/mol. The van der Waals surface area contributed by atoms with Crippen LogP contribution in [0.1, 0.15) is 15.9 Å². The Morgan fingerprint density at radius 1 is 1.17 bits per heavy atom. The lowest BCUT2D eigenvalue weighted by atomic mass is 9.97. The van der Waals surface area contributed by atoms with Crippen LogP contribution in [0.15, 0.2) is 48.5 Å². The zero-order valence-electron chi connectivity index (χ0n) is 10.3. The van der Waals surface area contributed by atoms with Crippen LogP contribution >= 0.6 is 0 Å². The largest absolute Gasteiger partial charge is 0.355 e. The smallest absolute Gasteiger partial charge is 0.251 e. The maximum Gasteiger partial charge on any atom is 0.251 e. The van der Waals surface area contributed by atoms with Crippen molar-refractivity contribution in [3.63, 3.8) is 0 Å². The molecule has 0 aliphatic rings. The van der Waals surface area contributed by atoms with Gasteiger partial charge in [0.15, 0.2) is 0 Å². The molecule has 3 N–H and O–H groups in total. The fraction of sp³-hybridized carbons (Fsp3) is 0.133. The molecule has 0 bridgehead atoms. The lowest BCUT2D eigenvalue weighted by Gasteiger charge is -2.09. The third-order valence-electron chi connectivity index (χ3n) is 2.87. The van der Waals surface area contributed by atoms with Gasteiger partial charge in [-0.25, -0.2) is 0 Å². The summed E-state index contributed by atoms with van der Waals surface area (Å²) in [6.45, 7) is 0.496. The first kappa shape index (κ1) is 12.3. The van der Waals surface area contributed by atoms with Gasteiger partial charge in [-0.05, 0) is 28.8 Å². The van der Waals surface area contributed by atoms with Gasteiger partial charge in [0.2, 0.25) is 0 Å². The molecule has 2 rings (SSSR count). The first-order valence-corrected chi connectivity index (χ1v) is 5.86. The van der Waals surface area contributed by atoms with Gasteiger partial charge in [0, 0.05) is 19.2 Å². The number of rotatable bonds is 3. The van der Waals surface area contributed by atoms with Crippen LogP contribution in [0, 0.1) is 0 Å². The van der Waals surface area contributed by atoms with Crippen LogP contribution in [0.5, 0.6) is 0 Å². The summed E-state index contributed by atoms with van der Waals surface area (Å²) in [6, 6.07) is 15.5. The molecular weight excluding hydrogens is 224 g/mol. The van der Waals surface area contributed by atoms with Crippen molar-refractivity contribution in [2.45, 2.75) is 6.54 Å². The van der Waals surface area contributed by atoms with Crippen LogP contribution in [0.2, 0.25) is 0 Å². The molecule has 18 heavy (non-hydrogen) atoms. The molecule has 0 unspecified atom stereocenters. The number of nitrogens with one attached hydrogen (secondary N) is 1. The molecule has 1 amide bonds. The molecule has 0 saturated heterocycles. The molecule has 0 saturated carbocycles. The predicted octanol–water partition coefficient (Wildman–Crippen LogP) is 2.17. The van der Waals surface area contributed by atoms with Gasteiger partial charge in [0.05, 0.1) is 0 Å². The molecule has 0 aliphatic carbocycles. The maximum absolute atomic E-state index is 11.8. The van der Waals surface area contributed by atoms with Gasteiger partial charge in [-0.2, -0.15) is 0 Å². The first-order valence-electron chi connectivity index (χ1n) is 5.86. The highest BCUT2D eigenvalue weighted by Gasteiger charge is 2.10. The fourth-order valence-corrected chi connectivity index (χ4v) is 1.93. The van der Waals surface area contributed by atoms with Crippen LogP contribution in [0.3, 0.4) is 0 Å². The van der Waals surface area contributed by atoms with Crippen molar-refractivity contribution < 1.29 is 4.79 Å². The van der Waals surface area contributed by atoms with Gasteiger partial charge >= 0.3 is 0 Å². The Bertz CT molecular complexity index is 564. The summed E-state index contributed by atoms with van der Waals surface area (Å²) >= 11 is 0. The summed E-state index contributed by atoms with van der Waals surface area (Å²) in [6.07, 6.45) is 0. The van der Waals surface area contributed by atoms with E-state index in [2.05, 4.69) is 5.32 Å². The number of carbonyl (C=O) groups is 1. The van der Waals surface area contributed by atoms with Crippen LogP contribution in [0.4, 0.5) is 0 Å². The van der Waals surface area contributed by atoms with Crippen molar-refractivity contribution in [3.05, 3.63) is 59.7 Å². The number of carbonyl (C=O) groups excluding carboxylic acids is 1. The Hall–Kier alpha value is -2.13. The van der Waals surface area contributed by atoms with Crippen molar-refractivity contribution in [3.8, 4) is 11.1 Å². The van der Waals surface area contributed by atoms with Gasteiger partial charge in [0.25, 0.3) is 5.91 Å². The van der Waals surface area contributed by atoms with E-state index in [0.717, 1.165) is 16.7 Å². The molecule has 0 heterocycles.